The van der Waals surface area contributed by atoms with Gasteiger partial charge in [-0.05, 0) is 44.0 Å². The van der Waals surface area contributed by atoms with Crippen LogP contribution >= 0.6 is 0 Å². The highest BCUT2D eigenvalue weighted by Crippen LogP contribution is 2.22. The number of aryl methyl sites for hydroxylation is 2. The molecule has 0 unspecified atom stereocenters. The normalized spacial score (nSPS) is 14.3. The maximum Gasteiger partial charge on any atom is 0.306 e. The summed E-state index contributed by atoms with van der Waals surface area (Å²) in [5.41, 5.74) is 2.32. The summed E-state index contributed by atoms with van der Waals surface area (Å²) in [7, 11) is -3.54. The summed E-state index contributed by atoms with van der Waals surface area (Å²) in [5, 5.41) is 0. The molecule has 0 saturated carbocycles. The van der Waals surface area contributed by atoms with Gasteiger partial charge in [-0.3, -0.25) is 9.59 Å². The molecule has 34 heavy (non-hydrogen) atoms. The first kappa shape index (κ1) is 23.8. The molecule has 2 heterocycles. The predicted molar refractivity (Wildman–Crippen MR) is 125 cm³/mol. The number of esters is 1. The summed E-state index contributed by atoms with van der Waals surface area (Å²) in [4.78, 5) is 28.8. The van der Waals surface area contributed by atoms with Crippen LogP contribution in [0.3, 0.4) is 0 Å². The van der Waals surface area contributed by atoms with Crippen molar-refractivity contribution in [3.8, 4) is 11.3 Å². The van der Waals surface area contributed by atoms with Crippen LogP contribution in [0.5, 0.6) is 0 Å². The molecule has 1 saturated heterocycles. The molecule has 0 bridgehead atoms. The fourth-order valence-corrected chi connectivity index (χ4v) is 5.20. The molecule has 1 fully saturated rings. The number of nitrogens with zero attached hydrogens (tertiary/aromatic N) is 2. The Labute approximate surface area is 198 Å². The van der Waals surface area contributed by atoms with Gasteiger partial charge < -0.3 is 9.15 Å². The molecule has 4 rings (SSSR count). The Bertz CT molecular complexity index is 1260. The lowest BCUT2D eigenvalue weighted by Gasteiger charge is -2.15. The predicted octanol–water partition coefficient (Wildman–Crippen LogP) is 3.79. The zero-order valence-electron chi connectivity index (χ0n) is 18.9. The standard InChI is InChI=1S/C25H26N2O6S/c1-18-4-6-20(7-5-18)23-16-26-24(33-23)12-13-25(29)32-17-22(28)19-8-10-21(11-9-19)34(30,31)27-14-2-3-15-27/h4-11,16H,2-3,12-15,17H2,1H3. The molecule has 2 aromatic carbocycles. The summed E-state index contributed by atoms with van der Waals surface area (Å²) in [6, 6.07) is 13.5. The zero-order chi connectivity index (χ0) is 24.1. The molecule has 1 aliphatic rings. The maximum absolute atomic E-state index is 12.6. The molecule has 1 aliphatic heterocycles. The lowest BCUT2D eigenvalue weighted by molar-refractivity contribution is -0.142. The molecule has 0 N–H and O–H groups in total. The third-order valence-corrected chi connectivity index (χ3v) is 7.59. The first-order valence-corrected chi connectivity index (χ1v) is 12.6. The van der Waals surface area contributed by atoms with Crippen LogP contribution < -0.4 is 0 Å². The molecule has 3 aromatic rings. The third kappa shape index (κ3) is 5.60. The summed E-state index contributed by atoms with van der Waals surface area (Å²) in [6.07, 6.45) is 3.59. The fraction of sp³-hybridized carbons (Fsp3) is 0.320. The summed E-state index contributed by atoms with van der Waals surface area (Å²) in [6.45, 7) is 2.61. The van der Waals surface area contributed by atoms with Gasteiger partial charge in [-0.25, -0.2) is 13.4 Å². The van der Waals surface area contributed by atoms with E-state index in [2.05, 4.69) is 4.98 Å². The zero-order valence-corrected chi connectivity index (χ0v) is 19.7. The van der Waals surface area contributed by atoms with E-state index in [1.807, 2.05) is 31.2 Å². The molecule has 8 nitrogen and oxygen atoms in total. The van der Waals surface area contributed by atoms with E-state index in [0.717, 1.165) is 24.0 Å². The topological polar surface area (TPSA) is 107 Å². The van der Waals surface area contributed by atoms with Gasteiger partial charge in [0.15, 0.2) is 24.0 Å². The van der Waals surface area contributed by atoms with Crippen molar-refractivity contribution in [1.29, 1.82) is 0 Å². The van der Waals surface area contributed by atoms with Crippen molar-refractivity contribution in [1.82, 2.24) is 9.29 Å². The minimum atomic E-state index is -3.54. The van der Waals surface area contributed by atoms with Crippen LogP contribution in [0.4, 0.5) is 0 Å². The second kappa shape index (κ2) is 10.3. The Morgan fingerprint density at radius 3 is 2.38 bits per heavy atom. The number of ketones is 1. The minimum absolute atomic E-state index is 0.0220. The summed E-state index contributed by atoms with van der Waals surface area (Å²) < 4.78 is 37.4. The Hall–Kier alpha value is -3.30. The number of Topliss-reactive ketones (excluding diaryl/α,β-unsaturated/α-hetero) is 1. The number of rotatable bonds is 9. The molecule has 1 aromatic heterocycles. The second-order valence-electron chi connectivity index (χ2n) is 8.20. The van der Waals surface area contributed by atoms with Crippen molar-refractivity contribution in [2.75, 3.05) is 19.7 Å². The Morgan fingerprint density at radius 2 is 1.71 bits per heavy atom. The van der Waals surface area contributed by atoms with E-state index in [-0.39, 0.29) is 23.3 Å². The van der Waals surface area contributed by atoms with Gasteiger partial charge in [-0.2, -0.15) is 4.31 Å². The van der Waals surface area contributed by atoms with Crippen LogP contribution in [0, 0.1) is 6.92 Å². The first-order chi connectivity index (χ1) is 16.3. The molecule has 9 heteroatoms. The average Bonchev–Trinajstić information content (AvgIpc) is 3.55. The molecule has 178 valence electrons. The van der Waals surface area contributed by atoms with Gasteiger partial charge in [-0.1, -0.05) is 29.8 Å². The van der Waals surface area contributed by atoms with E-state index in [1.165, 1.54) is 28.6 Å². The highest BCUT2D eigenvalue weighted by Gasteiger charge is 2.27. The van der Waals surface area contributed by atoms with Gasteiger partial charge in [0.2, 0.25) is 10.0 Å². The van der Waals surface area contributed by atoms with Crippen LogP contribution in [0.25, 0.3) is 11.3 Å². The third-order valence-electron chi connectivity index (χ3n) is 5.68. The lowest BCUT2D eigenvalue weighted by atomic mass is 10.1. The number of oxazole rings is 1. The Balaban J connectivity index is 1.25. The van der Waals surface area contributed by atoms with E-state index in [4.69, 9.17) is 9.15 Å². The monoisotopic (exact) mass is 482 g/mol. The van der Waals surface area contributed by atoms with Crippen molar-refractivity contribution in [3.63, 3.8) is 0 Å². The highest BCUT2D eigenvalue weighted by molar-refractivity contribution is 7.89. The average molecular weight is 483 g/mol. The number of hydrogen-bond acceptors (Lipinski definition) is 7. The first-order valence-electron chi connectivity index (χ1n) is 11.1. The molecule has 0 radical (unpaired) electrons. The number of ether oxygens (including phenoxy) is 1. The van der Waals surface area contributed by atoms with Gasteiger partial charge in [-0.15, -0.1) is 0 Å². The van der Waals surface area contributed by atoms with Gasteiger partial charge in [0.05, 0.1) is 17.5 Å². The number of aromatic nitrogens is 1. The van der Waals surface area contributed by atoms with Crippen molar-refractivity contribution < 1.29 is 27.2 Å². The van der Waals surface area contributed by atoms with Crippen LogP contribution in [0.2, 0.25) is 0 Å². The van der Waals surface area contributed by atoms with Crippen molar-refractivity contribution in [2.45, 2.75) is 37.5 Å². The summed E-state index contributed by atoms with van der Waals surface area (Å²) in [5.74, 6) is 0.0790. The Kier molecular flexibility index (Phi) is 7.23. The number of sulfonamides is 1. The molecular formula is C25H26N2O6S. The molecule has 0 spiro atoms. The van der Waals surface area contributed by atoms with E-state index in [9.17, 15) is 18.0 Å². The second-order valence-corrected chi connectivity index (χ2v) is 10.1. The van der Waals surface area contributed by atoms with Crippen molar-refractivity contribution in [3.05, 3.63) is 71.7 Å². The van der Waals surface area contributed by atoms with Crippen LogP contribution in [-0.4, -0.2) is 49.2 Å². The van der Waals surface area contributed by atoms with Gasteiger partial charge in [0.1, 0.15) is 0 Å². The van der Waals surface area contributed by atoms with Gasteiger partial charge >= 0.3 is 5.97 Å². The quantitative estimate of drug-likeness (QED) is 0.337. The minimum Gasteiger partial charge on any atom is -0.457 e. The van der Waals surface area contributed by atoms with Gasteiger partial charge in [0, 0.05) is 30.6 Å². The fourth-order valence-electron chi connectivity index (χ4n) is 3.68. The number of hydrogen-bond donors (Lipinski definition) is 0. The highest BCUT2D eigenvalue weighted by atomic mass is 32.2. The molecular weight excluding hydrogens is 456 g/mol. The Morgan fingerprint density at radius 1 is 1.03 bits per heavy atom. The van der Waals surface area contributed by atoms with Crippen molar-refractivity contribution in [2.24, 2.45) is 0 Å². The molecule has 0 aliphatic carbocycles. The van der Waals surface area contributed by atoms with Crippen LogP contribution in [-0.2, 0) is 26.0 Å². The molecule has 0 amide bonds. The number of carbonyl (C=O) groups excluding carboxylic acids is 2. The lowest BCUT2D eigenvalue weighted by Crippen LogP contribution is -2.27. The number of carbonyl (C=O) groups is 2. The molecule has 0 atom stereocenters. The van der Waals surface area contributed by atoms with E-state index >= 15 is 0 Å². The summed E-state index contributed by atoms with van der Waals surface area (Å²) >= 11 is 0. The maximum atomic E-state index is 12.6. The van der Waals surface area contributed by atoms with Crippen LogP contribution in [0.15, 0.2) is 64.0 Å². The largest absolute Gasteiger partial charge is 0.457 e. The van der Waals surface area contributed by atoms with Crippen molar-refractivity contribution >= 4 is 21.8 Å². The SMILES string of the molecule is Cc1ccc(-c2cnc(CCC(=O)OCC(=O)c3ccc(S(=O)(=O)N4CCCC4)cc3)o2)cc1. The van der Waals surface area contributed by atoms with Gasteiger partial charge in [0.25, 0.3) is 0 Å². The smallest absolute Gasteiger partial charge is 0.306 e. The van der Waals surface area contributed by atoms with E-state index < -0.39 is 28.4 Å². The van der Waals surface area contributed by atoms with E-state index in [1.54, 1.807) is 6.20 Å². The van der Waals surface area contributed by atoms with E-state index in [0.29, 0.717) is 24.7 Å². The number of benzene rings is 2. The van der Waals surface area contributed by atoms with Crippen LogP contribution in [0.1, 0.15) is 41.1 Å².